The maximum Gasteiger partial charge on any atom is 0.417 e. The first-order valence-corrected chi connectivity index (χ1v) is 6.38. The molecule has 0 amide bonds. The summed E-state index contributed by atoms with van der Waals surface area (Å²) in [6.45, 7) is 0.0127. The van der Waals surface area contributed by atoms with E-state index in [0.717, 1.165) is 22.9 Å². The summed E-state index contributed by atoms with van der Waals surface area (Å²) in [6, 6.07) is 10.4. The van der Waals surface area contributed by atoms with Crippen LogP contribution in [0.4, 0.5) is 13.2 Å². The van der Waals surface area contributed by atoms with Gasteiger partial charge in [-0.15, -0.1) is 0 Å². The summed E-state index contributed by atoms with van der Waals surface area (Å²) in [5, 5.41) is 9.96. The summed E-state index contributed by atoms with van der Waals surface area (Å²) < 4.78 is 38.8. The lowest BCUT2D eigenvalue weighted by atomic mass is 10.1. The van der Waals surface area contributed by atoms with E-state index in [1.807, 2.05) is 0 Å². The number of halogens is 3. The van der Waals surface area contributed by atoms with E-state index in [1.165, 1.54) is 0 Å². The molecule has 2 rings (SSSR count). The molecule has 112 valence electrons. The normalized spacial score (nSPS) is 13.1. The quantitative estimate of drug-likeness (QED) is 0.942. The van der Waals surface area contributed by atoms with Gasteiger partial charge in [-0.2, -0.15) is 13.2 Å². The second-order valence-corrected chi connectivity index (χ2v) is 4.66. The molecule has 1 atom stereocenters. The number of aromatic nitrogens is 1. The lowest BCUT2D eigenvalue weighted by Gasteiger charge is -2.13. The minimum atomic E-state index is -4.49. The molecule has 6 heteroatoms. The Morgan fingerprint density at radius 2 is 1.76 bits per heavy atom. The molecule has 0 saturated heterocycles. The van der Waals surface area contributed by atoms with E-state index in [-0.39, 0.29) is 13.0 Å². The van der Waals surface area contributed by atoms with E-state index in [9.17, 15) is 23.1 Å². The molecule has 2 aromatic rings. The molecular weight excluding hydrogens is 283 g/mol. The van der Waals surface area contributed by atoms with E-state index in [2.05, 4.69) is 0 Å². The van der Waals surface area contributed by atoms with Crippen molar-refractivity contribution >= 4 is 0 Å². The number of benzene rings is 1. The van der Waals surface area contributed by atoms with Crippen LogP contribution in [0.5, 0.6) is 0 Å². The number of hydrogen-bond donors (Lipinski definition) is 1. The standard InChI is InChI=1S/C15H14F3NO2/c16-15(17,18)12-6-7-14(21)19(10-12)9-8-13(20)11-4-2-1-3-5-11/h1-7,10,13,20H,8-9H2. The van der Waals surface area contributed by atoms with Crippen LogP contribution in [0.25, 0.3) is 0 Å². The van der Waals surface area contributed by atoms with Crippen LogP contribution in [0.3, 0.4) is 0 Å². The molecule has 3 nitrogen and oxygen atoms in total. The Labute approximate surface area is 119 Å². The van der Waals surface area contributed by atoms with Crippen molar-refractivity contribution in [1.82, 2.24) is 4.57 Å². The van der Waals surface area contributed by atoms with Crippen molar-refractivity contribution in [3.05, 3.63) is 70.1 Å². The number of hydrogen-bond acceptors (Lipinski definition) is 2. The van der Waals surface area contributed by atoms with Crippen LogP contribution in [0.1, 0.15) is 23.7 Å². The SMILES string of the molecule is O=c1ccc(C(F)(F)F)cn1CCC(O)c1ccccc1. The van der Waals surface area contributed by atoms with Crippen LogP contribution in [0.2, 0.25) is 0 Å². The third kappa shape index (κ3) is 3.95. The molecule has 0 fully saturated rings. The minimum absolute atomic E-state index is 0.0127. The topological polar surface area (TPSA) is 42.2 Å². The summed E-state index contributed by atoms with van der Waals surface area (Å²) in [4.78, 5) is 11.6. The molecule has 0 aliphatic rings. The fraction of sp³-hybridized carbons (Fsp3) is 0.267. The van der Waals surface area contributed by atoms with Gasteiger partial charge in [0.1, 0.15) is 0 Å². The average molecular weight is 297 g/mol. The van der Waals surface area contributed by atoms with E-state index in [0.29, 0.717) is 5.56 Å². The first kappa shape index (κ1) is 15.3. The molecule has 0 bridgehead atoms. The Bertz CT molecular complexity index is 650. The predicted molar refractivity (Wildman–Crippen MR) is 71.7 cm³/mol. The number of pyridine rings is 1. The van der Waals surface area contributed by atoms with Gasteiger partial charge in [-0.3, -0.25) is 4.79 Å². The summed E-state index contributed by atoms with van der Waals surface area (Å²) in [6.07, 6.45) is -4.38. The zero-order valence-electron chi connectivity index (χ0n) is 11.0. The monoisotopic (exact) mass is 297 g/mol. The first-order chi connectivity index (χ1) is 9.88. The smallest absolute Gasteiger partial charge is 0.388 e. The minimum Gasteiger partial charge on any atom is -0.388 e. The number of nitrogens with zero attached hydrogens (tertiary/aromatic N) is 1. The van der Waals surface area contributed by atoms with Crippen LogP contribution < -0.4 is 5.56 Å². The summed E-state index contributed by atoms with van der Waals surface area (Å²) in [5.74, 6) is 0. The second-order valence-electron chi connectivity index (χ2n) is 4.66. The molecule has 0 radical (unpaired) electrons. The van der Waals surface area contributed by atoms with E-state index in [1.54, 1.807) is 30.3 Å². The van der Waals surface area contributed by atoms with Crippen LogP contribution in [0, 0.1) is 0 Å². The molecule has 1 aromatic carbocycles. The molecule has 1 N–H and O–H groups in total. The Morgan fingerprint density at radius 3 is 2.38 bits per heavy atom. The maximum absolute atomic E-state index is 12.6. The molecule has 0 saturated carbocycles. The summed E-state index contributed by atoms with van der Waals surface area (Å²) in [5.41, 5.74) is -0.739. The van der Waals surface area contributed by atoms with Gasteiger partial charge in [0.2, 0.25) is 0 Å². The maximum atomic E-state index is 12.6. The second kappa shape index (κ2) is 6.13. The molecular formula is C15H14F3NO2. The van der Waals surface area contributed by atoms with E-state index < -0.39 is 23.4 Å². The Balaban J connectivity index is 2.11. The Kier molecular flexibility index (Phi) is 4.47. The number of rotatable bonds is 4. The van der Waals surface area contributed by atoms with Crippen LogP contribution in [-0.4, -0.2) is 9.67 Å². The Hall–Kier alpha value is -2.08. The van der Waals surface area contributed by atoms with Crippen LogP contribution in [-0.2, 0) is 12.7 Å². The third-order valence-electron chi connectivity index (χ3n) is 3.14. The molecule has 0 spiro atoms. The van der Waals surface area contributed by atoms with Crippen molar-refractivity contribution in [2.75, 3.05) is 0 Å². The van der Waals surface area contributed by atoms with E-state index >= 15 is 0 Å². The zero-order valence-corrected chi connectivity index (χ0v) is 11.0. The van der Waals surface area contributed by atoms with Crippen molar-refractivity contribution in [3.8, 4) is 0 Å². The Morgan fingerprint density at radius 1 is 1.10 bits per heavy atom. The average Bonchev–Trinajstić information content (AvgIpc) is 2.45. The van der Waals surface area contributed by atoms with Gasteiger partial charge >= 0.3 is 6.18 Å². The van der Waals surface area contributed by atoms with Crippen molar-refractivity contribution in [3.63, 3.8) is 0 Å². The van der Waals surface area contributed by atoms with Crippen molar-refractivity contribution in [2.24, 2.45) is 0 Å². The van der Waals surface area contributed by atoms with Crippen molar-refractivity contribution in [1.29, 1.82) is 0 Å². The van der Waals surface area contributed by atoms with Gasteiger partial charge in [0.05, 0.1) is 11.7 Å². The van der Waals surface area contributed by atoms with Gasteiger partial charge in [-0.1, -0.05) is 30.3 Å². The highest BCUT2D eigenvalue weighted by Crippen LogP contribution is 2.28. The van der Waals surface area contributed by atoms with Gasteiger partial charge in [0.15, 0.2) is 0 Å². The molecule has 1 aromatic heterocycles. The lowest BCUT2D eigenvalue weighted by molar-refractivity contribution is -0.138. The molecule has 0 aliphatic heterocycles. The number of aryl methyl sites for hydroxylation is 1. The summed E-state index contributed by atoms with van der Waals surface area (Å²) in [7, 11) is 0. The first-order valence-electron chi connectivity index (χ1n) is 6.38. The largest absolute Gasteiger partial charge is 0.417 e. The van der Waals surface area contributed by atoms with Gasteiger partial charge in [0.25, 0.3) is 5.56 Å². The molecule has 21 heavy (non-hydrogen) atoms. The van der Waals surface area contributed by atoms with Crippen molar-refractivity contribution < 1.29 is 18.3 Å². The van der Waals surface area contributed by atoms with Gasteiger partial charge in [0, 0.05) is 18.8 Å². The number of alkyl halides is 3. The summed E-state index contributed by atoms with van der Waals surface area (Å²) >= 11 is 0. The van der Waals surface area contributed by atoms with Crippen LogP contribution >= 0.6 is 0 Å². The predicted octanol–water partition coefficient (Wildman–Crippen LogP) is 2.99. The van der Waals surface area contributed by atoms with Crippen molar-refractivity contribution in [2.45, 2.75) is 25.2 Å². The van der Waals surface area contributed by atoms with Crippen LogP contribution in [0.15, 0.2) is 53.5 Å². The fourth-order valence-corrected chi connectivity index (χ4v) is 1.98. The number of aliphatic hydroxyl groups excluding tert-OH is 1. The highest BCUT2D eigenvalue weighted by Gasteiger charge is 2.31. The highest BCUT2D eigenvalue weighted by molar-refractivity contribution is 5.17. The molecule has 1 unspecified atom stereocenters. The van der Waals surface area contributed by atoms with Gasteiger partial charge < -0.3 is 9.67 Å². The van der Waals surface area contributed by atoms with Gasteiger partial charge in [-0.05, 0) is 18.1 Å². The molecule has 1 heterocycles. The van der Waals surface area contributed by atoms with Gasteiger partial charge in [-0.25, -0.2) is 0 Å². The molecule has 0 aliphatic carbocycles. The third-order valence-corrected chi connectivity index (χ3v) is 3.14. The van der Waals surface area contributed by atoms with E-state index in [4.69, 9.17) is 0 Å². The zero-order chi connectivity index (χ0) is 15.5. The lowest BCUT2D eigenvalue weighted by Crippen LogP contribution is -2.22. The number of aliphatic hydroxyl groups is 1. The fourth-order valence-electron chi connectivity index (χ4n) is 1.98. The highest BCUT2D eigenvalue weighted by atomic mass is 19.4.